The van der Waals surface area contributed by atoms with Crippen LogP contribution in [0, 0.1) is 20.8 Å². The molecule has 108 valence electrons. The third kappa shape index (κ3) is 3.00. The van der Waals surface area contributed by atoms with Crippen LogP contribution in [0.1, 0.15) is 21.7 Å². The van der Waals surface area contributed by atoms with Crippen molar-refractivity contribution >= 4 is 27.2 Å². The minimum atomic E-state index is -3.74. The zero-order chi connectivity index (χ0) is 14.9. The smallest absolute Gasteiger partial charge is 0.264 e. The van der Waals surface area contributed by atoms with E-state index in [0.717, 1.165) is 11.3 Å². The molecule has 2 aromatic heterocycles. The van der Waals surface area contributed by atoms with E-state index in [2.05, 4.69) is 9.71 Å². The third-order valence-electron chi connectivity index (χ3n) is 2.74. The van der Waals surface area contributed by atoms with Crippen molar-refractivity contribution in [3.05, 3.63) is 39.2 Å². The number of sulfonamides is 1. The highest BCUT2D eigenvalue weighted by Gasteiger charge is 2.23. The maximum atomic E-state index is 12.4. The van der Waals surface area contributed by atoms with E-state index in [0.29, 0.717) is 10.4 Å². The van der Waals surface area contributed by atoms with Crippen molar-refractivity contribution in [3.8, 4) is 0 Å². The highest BCUT2D eigenvalue weighted by Crippen LogP contribution is 2.28. The van der Waals surface area contributed by atoms with E-state index in [4.69, 9.17) is 0 Å². The van der Waals surface area contributed by atoms with Crippen molar-refractivity contribution in [2.45, 2.75) is 32.3 Å². The van der Waals surface area contributed by atoms with Crippen LogP contribution in [0.15, 0.2) is 22.4 Å². The Morgan fingerprint density at radius 3 is 2.60 bits per heavy atom. The molecule has 0 unspecified atom stereocenters. The fraction of sp³-hybridized carbons (Fsp3) is 0.308. The van der Waals surface area contributed by atoms with Crippen molar-refractivity contribution in [1.29, 1.82) is 0 Å². The van der Waals surface area contributed by atoms with Gasteiger partial charge < -0.3 is 5.11 Å². The molecule has 0 aliphatic rings. The molecule has 7 heteroatoms. The van der Waals surface area contributed by atoms with Crippen LogP contribution in [0.3, 0.4) is 0 Å². The van der Waals surface area contributed by atoms with Crippen LogP contribution in [0.25, 0.3) is 0 Å². The second-order valence-electron chi connectivity index (χ2n) is 4.61. The van der Waals surface area contributed by atoms with E-state index in [9.17, 15) is 13.5 Å². The van der Waals surface area contributed by atoms with E-state index < -0.39 is 10.0 Å². The molecule has 0 spiro atoms. The molecule has 2 heterocycles. The Labute approximate surface area is 122 Å². The van der Waals surface area contributed by atoms with Crippen LogP contribution in [0.4, 0.5) is 5.82 Å². The van der Waals surface area contributed by atoms with Crippen LogP contribution < -0.4 is 4.72 Å². The number of pyridine rings is 1. The number of hydrogen-bond acceptors (Lipinski definition) is 5. The lowest BCUT2D eigenvalue weighted by Crippen LogP contribution is -2.16. The van der Waals surface area contributed by atoms with Gasteiger partial charge in [-0.2, -0.15) is 0 Å². The van der Waals surface area contributed by atoms with Crippen molar-refractivity contribution < 1.29 is 13.5 Å². The Morgan fingerprint density at radius 1 is 1.30 bits per heavy atom. The normalized spacial score (nSPS) is 11.6. The molecular formula is C13H16N2O3S2. The number of anilines is 1. The quantitative estimate of drug-likeness (QED) is 0.908. The van der Waals surface area contributed by atoms with Crippen molar-refractivity contribution in [3.63, 3.8) is 0 Å². The number of nitrogens with one attached hydrogen (secondary N) is 1. The van der Waals surface area contributed by atoms with Gasteiger partial charge in [0.1, 0.15) is 10.7 Å². The van der Waals surface area contributed by atoms with Gasteiger partial charge in [-0.25, -0.2) is 13.4 Å². The topological polar surface area (TPSA) is 79.3 Å². The monoisotopic (exact) mass is 312 g/mol. The summed E-state index contributed by atoms with van der Waals surface area (Å²) in [4.78, 5) is 4.74. The molecular weight excluding hydrogens is 296 g/mol. The number of aryl methyl sites for hydroxylation is 3. The predicted octanol–water partition coefficient (Wildman–Crippen LogP) is 2.36. The van der Waals surface area contributed by atoms with Crippen LogP contribution in [-0.2, 0) is 16.6 Å². The molecule has 0 aliphatic carbocycles. The van der Waals surface area contributed by atoms with Gasteiger partial charge in [-0.15, -0.1) is 11.3 Å². The minimum Gasteiger partial charge on any atom is -0.391 e. The first-order chi connectivity index (χ1) is 9.33. The van der Waals surface area contributed by atoms with Gasteiger partial charge in [-0.05, 0) is 49.4 Å². The lowest BCUT2D eigenvalue weighted by atomic mass is 10.2. The number of rotatable bonds is 4. The first kappa shape index (κ1) is 15.0. The maximum absolute atomic E-state index is 12.4. The SMILES string of the molecule is Cc1cc(C)nc(NS(=O)(=O)c2c(C)csc2CO)c1. The number of aliphatic hydroxyl groups excluding tert-OH is 1. The van der Waals surface area contributed by atoms with Crippen LogP contribution >= 0.6 is 11.3 Å². The molecule has 20 heavy (non-hydrogen) atoms. The molecule has 0 saturated carbocycles. The van der Waals surface area contributed by atoms with Crippen molar-refractivity contribution in [2.24, 2.45) is 0 Å². The summed E-state index contributed by atoms with van der Waals surface area (Å²) >= 11 is 1.23. The van der Waals surface area contributed by atoms with E-state index in [-0.39, 0.29) is 17.3 Å². The zero-order valence-corrected chi connectivity index (χ0v) is 13.1. The van der Waals surface area contributed by atoms with E-state index in [1.165, 1.54) is 11.3 Å². The fourth-order valence-electron chi connectivity index (χ4n) is 2.04. The number of thiophene rings is 1. The van der Waals surface area contributed by atoms with Crippen LogP contribution in [0.2, 0.25) is 0 Å². The van der Waals surface area contributed by atoms with Gasteiger partial charge in [0.25, 0.3) is 10.0 Å². The predicted molar refractivity (Wildman–Crippen MR) is 79.5 cm³/mol. The Morgan fingerprint density at radius 2 is 2.00 bits per heavy atom. The Kier molecular flexibility index (Phi) is 4.12. The minimum absolute atomic E-state index is 0.144. The molecule has 0 aliphatic heterocycles. The molecule has 5 nitrogen and oxygen atoms in total. The van der Waals surface area contributed by atoms with Crippen LogP contribution in [0.5, 0.6) is 0 Å². The molecule has 0 atom stereocenters. The second-order valence-corrected chi connectivity index (χ2v) is 7.19. The number of aromatic nitrogens is 1. The Bertz CT molecular complexity index is 716. The van der Waals surface area contributed by atoms with E-state index in [1.807, 2.05) is 13.0 Å². The summed E-state index contributed by atoms with van der Waals surface area (Å²) in [5.41, 5.74) is 2.29. The molecule has 0 fully saturated rings. The van der Waals surface area contributed by atoms with Crippen molar-refractivity contribution in [2.75, 3.05) is 4.72 Å². The lowest BCUT2D eigenvalue weighted by molar-refractivity contribution is 0.282. The molecule has 0 radical (unpaired) electrons. The van der Waals surface area contributed by atoms with Gasteiger partial charge in [0.2, 0.25) is 0 Å². The highest BCUT2D eigenvalue weighted by atomic mass is 32.2. The molecule has 2 N–H and O–H groups in total. The fourth-order valence-corrected chi connectivity index (χ4v) is 4.70. The van der Waals surface area contributed by atoms with E-state index >= 15 is 0 Å². The summed E-state index contributed by atoms with van der Waals surface area (Å²) in [6.07, 6.45) is 0. The standard InChI is InChI=1S/C13H16N2O3S2/c1-8-4-10(3)14-12(5-8)15-20(17,18)13-9(2)7-19-11(13)6-16/h4-5,7,16H,6H2,1-3H3,(H,14,15). The van der Waals surface area contributed by atoms with Gasteiger partial charge in [-0.1, -0.05) is 0 Å². The average molecular weight is 312 g/mol. The zero-order valence-electron chi connectivity index (χ0n) is 11.5. The summed E-state index contributed by atoms with van der Waals surface area (Å²) in [5.74, 6) is 0.289. The molecule has 0 aromatic carbocycles. The Hall–Kier alpha value is -1.44. The van der Waals surface area contributed by atoms with Gasteiger partial charge >= 0.3 is 0 Å². The van der Waals surface area contributed by atoms with Gasteiger partial charge in [-0.3, -0.25) is 4.72 Å². The third-order valence-corrected chi connectivity index (χ3v) is 5.54. The summed E-state index contributed by atoms with van der Waals surface area (Å²) in [7, 11) is -3.74. The summed E-state index contributed by atoms with van der Waals surface area (Å²) in [6.45, 7) is 5.09. The van der Waals surface area contributed by atoms with Gasteiger partial charge in [0, 0.05) is 5.69 Å². The number of aliphatic hydroxyl groups is 1. The van der Waals surface area contributed by atoms with Gasteiger partial charge in [0.15, 0.2) is 0 Å². The number of nitrogens with zero attached hydrogens (tertiary/aromatic N) is 1. The largest absolute Gasteiger partial charge is 0.391 e. The van der Waals surface area contributed by atoms with Crippen LogP contribution in [-0.4, -0.2) is 18.5 Å². The molecule has 0 saturated heterocycles. The van der Waals surface area contributed by atoms with Gasteiger partial charge in [0.05, 0.1) is 11.5 Å². The maximum Gasteiger partial charge on any atom is 0.264 e. The van der Waals surface area contributed by atoms with Crippen molar-refractivity contribution in [1.82, 2.24) is 4.98 Å². The summed E-state index contributed by atoms with van der Waals surface area (Å²) in [5, 5.41) is 11.0. The first-order valence-corrected chi connectivity index (χ1v) is 8.35. The summed E-state index contributed by atoms with van der Waals surface area (Å²) < 4.78 is 27.3. The highest BCUT2D eigenvalue weighted by molar-refractivity contribution is 7.93. The average Bonchev–Trinajstić information content (AvgIpc) is 2.69. The Balaban J connectivity index is 2.43. The second kappa shape index (κ2) is 5.51. The molecule has 2 aromatic rings. The first-order valence-electron chi connectivity index (χ1n) is 5.99. The molecule has 0 amide bonds. The van der Waals surface area contributed by atoms with E-state index in [1.54, 1.807) is 25.3 Å². The molecule has 2 rings (SSSR count). The number of hydrogen-bond donors (Lipinski definition) is 2. The summed E-state index contributed by atoms with van der Waals surface area (Å²) in [6, 6.07) is 3.54. The lowest BCUT2D eigenvalue weighted by Gasteiger charge is -2.10. The molecule has 0 bridgehead atoms.